The topological polar surface area (TPSA) is 86.5 Å². The number of unbranched alkanes of at least 4 members (excludes halogenated alkanes) is 1. The maximum absolute atomic E-state index is 11.6. The number of carbonyl (C=O) groups is 1. The zero-order valence-corrected chi connectivity index (χ0v) is 11.2. The molecule has 1 amide bonds. The molecule has 0 aliphatic carbocycles. The van der Waals surface area contributed by atoms with E-state index >= 15 is 0 Å². The number of pyridine rings is 1. The van der Waals surface area contributed by atoms with E-state index in [-0.39, 0.29) is 5.91 Å². The smallest absolute Gasteiger partial charge is 0.224 e. The number of nitrogens with two attached hydrogens (primary N) is 1. The quantitative estimate of drug-likeness (QED) is 0.656. The van der Waals surface area contributed by atoms with Crippen molar-refractivity contribution in [2.45, 2.75) is 19.3 Å². The number of carbonyl (C=O) groups excluding carboxylic acids is 1. The highest BCUT2D eigenvalue weighted by Gasteiger charge is 2.03. The van der Waals surface area contributed by atoms with Crippen LogP contribution in [0.2, 0.25) is 0 Å². The van der Waals surface area contributed by atoms with Crippen molar-refractivity contribution in [3.05, 3.63) is 18.3 Å². The van der Waals surface area contributed by atoms with Crippen LogP contribution in [0.5, 0.6) is 5.88 Å². The molecule has 106 valence electrons. The summed E-state index contributed by atoms with van der Waals surface area (Å²) in [7, 11) is 1.61. The zero-order chi connectivity index (χ0) is 13.9. The van der Waals surface area contributed by atoms with E-state index < -0.39 is 0 Å². The van der Waals surface area contributed by atoms with E-state index in [1.807, 2.05) is 0 Å². The Morgan fingerprint density at radius 2 is 2.21 bits per heavy atom. The number of amides is 1. The Morgan fingerprint density at radius 3 is 2.84 bits per heavy atom. The van der Waals surface area contributed by atoms with Gasteiger partial charge >= 0.3 is 0 Å². The lowest BCUT2D eigenvalue weighted by atomic mass is 10.2. The molecule has 1 rings (SSSR count). The highest BCUT2D eigenvalue weighted by molar-refractivity contribution is 5.90. The van der Waals surface area contributed by atoms with E-state index in [9.17, 15) is 4.79 Å². The highest BCUT2D eigenvalue weighted by atomic mass is 16.5. The molecule has 0 fully saturated rings. The monoisotopic (exact) mass is 267 g/mol. The minimum atomic E-state index is -0.0247. The van der Waals surface area contributed by atoms with Crippen LogP contribution >= 0.6 is 0 Å². The Kier molecular flexibility index (Phi) is 7.53. The molecule has 3 N–H and O–H groups in total. The SMILES string of the molecule is COCCOc1ccc(NC(=O)CCCCN)cn1. The van der Waals surface area contributed by atoms with E-state index in [4.69, 9.17) is 15.2 Å². The number of rotatable bonds is 9. The highest BCUT2D eigenvalue weighted by Crippen LogP contribution is 2.12. The van der Waals surface area contributed by atoms with E-state index in [1.54, 1.807) is 25.4 Å². The second kappa shape index (κ2) is 9.29. The van der Waals surface area contributed by atoms with Gasteiger partial charge in [0.1, 0.15) is 6.61 Å². The summed E-state index contributed by atoms with van der Waals surface area (Å²) < 4.78 is 10.2. The second-order valence-corrected chi connectivity index (χ2v) is 4.02. The fourth-order valence-corrected chi connectivity index (χ4v) is 1.42. The van der Waals surface area contributed by atoms with Crippen molar-refractivity contribution in [2.75, 3.05) is 32.2 Å². The molecule has 0 bridgehead atoms. The number of methoxy groups -OCH3 is 1. The van der Waals surface area contributed by atoms with Gasteiger partial charge in [-0.05, 0) is 25.5 Å². The zero-order valence-electron chi connectivity index (χ0n) is 11.2. The summed E-state index contributed by atoms with van der Waals surface area (Å²) in [5, 5.41) is 2.77. The van der Waals surface area contributed by atoms with Crippen LogP contribution in [0.1, 0.15) is 19.3 Å². The molecule has 0 saturated carbocycles. The summed E-state index contributed by atoms with van der Waals surface area (Å²) in [5.74, 6) is 0.487. The Balaban J connectivity index is 2.32. The van der Waals surface area contributed by atoms with Gasteiger partial charge in [-0.3, -0.25) is 4.79 Å². The molecule has 6 nitrogen and oxygen atoms in total. The van der Waals surface area contributed by atoms with E-state index in [2.05, 4.69) is 10.3 Å². The fourth-order valence-electron chi connectivity index (χ4n) is 1.42. The van der Waals surface area contributed by atoms with Crippen molar-refractivity contribution < 1.29 is 14.3 Å². The maximum atomic E-state index is 11.6. The van der Waals surface area contributed by atoms with Crippen LogP contribution in [-0.2, 0) is 9.53 Å². The van der Waals surface area contributed by atoms with Gasteiger partial charge in [-0.15, -0.1) is 0 Å². The summed E-state index contributed by atoms with van der Waals surface area (Å²) >= 11 is 0. The predicted molar refractivity (Wildman–Crippen MR) is 73.1 cm³/mol. The van der Waals surface area contributed by atoms with Crippen LogP contribution in [0, 0.1) is 0 Å². The third kappa shape index (κ3) is 6.73. The summed E-state index contributed by atoms with van der Waals surface area (Å²) in [6, 6.07) is 3.47. The maximum Gasteiger partial charge on any atom is 0.224 e. The summed E-state index contributed by atoms with van der Waals surface area (Å²) in [6.45, 7) is 1.58. The normalized spacial score (nSPS) is 10.2. The summed E-state index contributed by atoms with van der Waals surface area (Å²) in [6.07, 6.45) is 3.71. The minimum absolute atomic E-state index is 0.0247. The summed E-state index contributed by atoms with van der Waals surface area (Å²) in [5.41, 5.74) is 6.03. The van der Waals surface area contributed by atoms with Crippen LogP contribution in [0.3, 0.4) is 0 Å². The predicted octanol–water partition coefficient (Wildman–Crippen LogP) is 1.17. The average Bonchev–Trinajstić information content (AvgIpc) is 2.41. The van der Waals surface area contributed by atoms with Crippen LogP contribution in [-0.4, -0.2) is 37.8 Å². The van der Waals surface area contributed by atoms with E-state index in [0.29, 0.717) is 37.7 Å². The molecule has 0 unspecified atom stereocenters. The van der Waals surface area contributed by atoms with Crippen LogP contribution in [0.15, 0.2) is 18.3 Å². The van der Waals surface area contributed by atoms with Gasteiger partial charge < -0.3 is 20.5 Å². The molecule has 0 aliphatic heterocycles. The van der Waals surface area contributed by atoms with Gasteiger partial charge in [0.05, 0.1) is 18.5 Å². The molecule has 6 heteroatoms. The van der Waals surface area contributed by atoms with Gasteiger partial charge in [0.2, 0.25) is 11.8 Å². The van der Waals surface area contributed by atoms with Crippen molar-refractivity contribution in [1.82, 2.24) is 4.98 Å². The van der Waals surface area contributed by atoms with Gasteiger partial charge in [0.25, 0.3) is 0 Å². The lowest BCUT2D eigenvalue weighted by Crippen LogP contribution is -2.12. The number of ether oxygens (including phenoxy) is 2. The Morgan fingerprint density at radius 1 is 1.37 bits per heavy atom. The average molecular weight is 267 g/mol. The second-order valence-electron chi connectivity index (χ2n) is 4.02. The van der Waals surface area contributed by atoms with Gasteiger partial charge in [-0.2, -0.15) is 0 Å². The number of hydrogen-bond donors (Lipinski definition) is 2. The molecule has 0 radical (unpaired) electrons. The number of nitrogens with one attached hydrogen (secondary N) is 1. The van der Waals surface area contributed by atoms with Crippen LogP contribution in [0.4, 0.5) is 5.69 Å². The van der Waals surface area contributed by atoms with Crippen molar-refractivity contribution in [3.63, 3.8) is 0 Å². The largest absolute Gasteiger partial charge is 0.475 e. The Labute approximate surface area is 113 Å². The summed E-state index contributed by atoms with van der Waals surface area (Å²) in [4.78, 5) is 15.6. The third-order valence-corrected chi connectivity index (χ3v) is 2.42. The molecule has 1 aromatic rings. The number of aromatic nitrogens is 1. The molecule has 0 spiro atoms. The van der Waals surface area contributed by atoms with E-state index in [1.165, 1.54) is 0 Å². The first-order valence-electron chi connectivity index (χ1n) is 6.34. The standard InChI is InChI=1S/C13H21N3O3/c1-18-8-9-19-13-6-5-11(10-15-13)16-12(17)4-2-3-7-14/h5-6,10H,2-4,7-9,14H2,1H3,(H,16,17). The van der Waals surface area contributed by atoms with Crippen molar-refractivity contribution in [1.29, 1.82) is 0 Å². The number of nitrogens with zero attached hydrogens (tertiary/aromatic N) is 1. The van der Waals surface area contributed by atoms with Gasteiger partial charge in [-0.25, -0.2) is 4.98 Å². The molecule has 0 saturated heterocycles. The van der Waals surface area contributed by atoms with Crippen molar-refractivity contribution >= 4 is 11.6 Å². The third-order valence-electron chi connectivity index (χ3n) is 2.42. The molecule has 19 heavy (non-hydrogen) atoms. The van der Waals surface area contributed by atoms with Crippen molar-refractivity contribution in [3.8, 4) is 5.88 Å². The van der Waals surface area contributed by atoms with Gasteiger partial charge in [0, 0.05) is 19.6 Å². The number of hydrogen-bond acceptors (Lipinski definition) is 5. The molecular weight excluding hydrogens is 246 g/mol. The first kappa shape index (κ1) is 15.4. The molecule has 1 heterocycles. The molecule has 0 atom stereocenters. The molecular formula is C13H21N3O3. The van der Waals surface area contributed by atoms with Crippen LogP contribution in [0.25, 0.3) is 0 Å². The van der Waals surface area contributed by atoms with Crippen molar-refractivity contribution in [2.24, 2.45) is 5.73 Å². The first-order chi connectivity index (χ1) is 9.26. The fraction of sp³-hybridized carbons (Fsp3) is 0.538. The molecule has 0 aromatic carbocycles. The first-order valence-corrected chi connectivity index (χ1v) is 6.34. The Hall–Kier alpha value is -1.66. The minimum Gasteiger partial charge on any atom is -0.475 e. The molecule has 1 aromatic heterocycles. The van der Waals surface area contributed by atoms with Crippen LogP contribution < -0.4 is 15.8 Å². The number of anilines is 1. The Bertz CT molecular complexity index is 368. The van der Waals surface area contributed by atoms with Gasteiger partial charge in [-0.1, -0.05) is 0 Å². The van der Waals surface area contributed by atoms with E-state index in [0.717, 1.165) is 12.8 Å². The lowest BCUT2D eigenvalue weighted by Gasteiger charge is -2.07. The molecule has 0 aliphatic rings. The lowest BCUT2D eigenvalue weighted by molar-refractivity contribution is -0.116. The van der Waals surface area contributed by atoms with Gasteiger partial charge in [0.15, 0.2) is 0 Å².